The maximum atomic E-state index is 12.9. The minimum Gasteiger partial charge on any atom is -0.496 e. The molecule has 0 saturated heterocycles. The van der Waals surface area contributed by atoms with E-state index in [2.05, 4.69) is 5.32 Å². The molecule has 33 heavy (non-hydrogen) atoms. The number of hydrogen-bond donors (Lipinski definition) is 2. The number of nitrogens with one attached hydrogen (secondary N) is 1. The summed E-state index contributed by atoms with van der Waals surface area (Å²) in [6.45, 7) is 5.43. The van der Waals surface area contributed by atoms with Gasteiger partial charge in [0.15, 0.2) is 0 Å². The molecule has 172 valence electrons. The van der Waals surface area contributed by atoms with Crippen LogP contribution < -0.4 is 10.1 Å². The second-order valence-electron chi connectivity index (χ2n) is 7.92. The van der Waals surface area contributed by atoms with Crippen molar-refractivity contribution in [3.05, 3.63) is 89.0 Å². The van der Waals surface area contributed by atoms with Gasteiger partial charge in [0.1, 0.15) is 5.75 Å². The Labute approximate surface area is 194 Å². The Kier molecular flexibility index (Phi) is 8.08. The molecule has 0 unspecified atom stereocenters. The standard InChI is InChI=1S/C27H30N2O4/c1-4-29(18-20-8-6-5-7-9-20)27(32)28-17-22-14-19(2)10-12-23(22)24-15-21(16-26(30)31)11-13-25(24)33-3/h5-15H,4,16-18H2,1-3H3,(H,28,32)(H,30,31). The van der Waals surface area contributed by atoms with E-state index in [4.69, 9.17) is 4.74 Å². The van der Waals surface area contributed by atoms with Gasteiger partial charge in [-0.2, -0.15) is 0 Å². The van der Waals surface area contributed by atoms with Crippen LogP contribution in [0.25, 0.3) is 11.1 Å². The number of carbonyl (C=O) groups is 2. The van der Waals surface area contributed by atoms with Crippen LogP contribution in [0.3, 0.4) is 0 Å². The molecule has 0 fully saturated rings. The Hall–Kier alpha value is -3.80. The Balaban J connectivity index is 1.84. The third-order valence-electron chi connectivity index (χ3n) is 5.49. The lowest BCUT2D eigenvalue weighted by Gasteiger charge is -2.22. The summed E-state index contributed by atoms with van der Waals surface area (Å²) in [7, 11) is 1.59. The molecule has 0 atom stereocenters. The number of aliphatic carboxylic acids is 1. The summed E-state index contributed by atoms with van der Waals surface area (Å²) >= 11 is 0. The molecule has 0 aromatic heterocycles. The van der Waals surface area contributed by atoms with E-state index in [0.29, 0.717) is 30.9 Å². The van der Waals surface area contributed by atoms with Crippen molar-refractivity contribution < 1.29 is 19.4 Å². The number of aryl methyl sites for hydroxylation is 1. The van der Waals surface area contributed by atoms with Crippen LogP contribution in [0.2, 0.25) is 0 Å². The molecular formula is C27H30N2O4. The molecule has 2 N–H and O–H groups in total. The van der Waals surface area contributed by atoms with Gasteiger partial charge in [-0.1, -0.05) is 60.2 Å². The van der Waals surface area contributed by atoms with Crippen LogP contribution in [0.15, 0.2) is 66.7 Å². The van der Waals surface area contributed by atoms with Gasteiger partial charge in [-0.05, 0) is 48.2 Å². The van der Waals surface area contributed by atoms with Gasteiger partial charge in [0.25, 0.3) is 0 Å². The van der Waals surface area contributed by atoms with E-state index in [1.165, 1.54) is 0 Å². The fraction of sp³-hybridized carbons (Fsp3) is 0.259. The largest absolute Gasteiger partial charge is 0.496 e. The molecule has 0 spiro atoms. The number of carboxylic acid groups (broad SMARTS) is 1. The summed E-state index contributed by atoms with van der Waals surface area (Å²) in [5, 5.41) is 12.2. The smallest absolute Gasteiger partial charge is 0.317 e. The summed E-state index contributed by atoms with van der Waals surface area (Å²) in [4.78, 5) is 25.9. The maximum Gasteiger partial charge on any atom is 0.317 e. The van der Waals surface area contributed by atoms with E-state index in [-0.39, 0.29) is 12.5 Å². The molecule has 0 aliphatic rings. The van der Waals surface area contributed by atoms with Crippen LogP contribution in [0, 0.1) is 6.92 Å². The number of rotatable bonds is 9. The van der Waals surface area contributed by atoms with Crippen molar-refractivity contribution in [2.75, 3.05) is 13.7 Å². The number of urea groups is 1. The van der Waals surface area contributed by atoms with Crippen molar-refractivity contribution in [1.29, 1.82) is 0 Å². The van der Waals surface area contributed by atoms with Crippen molar-refractivity contribution in [1.82, 2.24) is 10.2 Å². The average molecular weight is 447 g/mol. The minimum absolute atomic E-state index is 0.0696. The Morgan fingerprint density at radius 2 is 1.73 bits per heavy atom. The first-order valence-electron chi connectivity index (χ1n) is 11.0. The first kappa shape index (κ1) is 23.9. The van der Waals surface area contributed by atoms with Gasteiger partial charge in [-0.25, -0.2) is 4.79 Å². The second-order valence-corrected chi connectivity index (χ2v) is 7.92. The monoisotopic (exact) mass is 446 g/mol. The van der Waals surface area contributed by atoms with Crippen molar-refractivity contribution in [3.8, 4) is 16.9 Å². The molecule has 3 rings (SSSR count). The van der Waals surface area contributed by atoms with E-state index in [9.17, 15) is 14.7 Å². The van der Waals surface area contributed by atoms with Crippen LogP contribution in [0.4, 0.5) is 4.79 Å². The molecular weight excluding hydrogens is 416 g/mol. The molecule has 0 aliphatic carbocycles. The van der Waals surface area contributed by atoms with Crippen LogP contribution in [-0.2, 0) is 24.3 Å². The number of carbonyl (C=O) groups excluding carboxylic acids is 1. The first-order valence-corrected chi connectivity index (χ1v) is 11.0. The fourth-order valence-electron chi connectivity index (χ4n) is 3.80. The highest BCUT2D eigenvalue weighted by Gasteiger charge is 2.16. The van der Waals surface area contributed by atoms with Crippen molar-refractivity contribution in [2.45, 2.75) is 33.4 Å². The lowest BCUT2D eigenvalue weighted by Crippen LogP contribution is -2.39. The molecule has 6 nitrogen and oxygen atoms in total. The average Bonchev–Trinajstić information content (AvgIpc) is 2.81. The lowest BCUT2D eigenvalue weighted by atomic mass is 9.95. The lowest BCUT2D eigenvalue weighted by molar-refractivity contribution is -0.136. The van der Waals surface area contributed by atoms with Gasteiger partial charge in [-0.3, -0.25) is 4.79 Å². The van der Waals surface area contributed by atoms with E-state index in [1.54, 1.807) is 24.1 Å². The summed E-state index contributed by atoms with van der Waals surface area (Å²) in [6.07, 6.45) is -0.0696. The second kappa shape index (κ2) is 11.2. The van der Waals surface area contributed by atoms with Gasteiger partial charge < -0.3 is 20.1 Å². The third-order valence-corrected chi connectivity index (χ3v) is 5.49. The quantitative estimate of drug-likeness (QED) is 0.483. The number of hydrogen-bond acceptors (Lipinski definition) is 3. The van der Waals surface area contributed by atoms with Crippen LogP contribution >= 0.6 is 0 Å². The molecule has 0 saturated carbocycles. The zero-order valence-electron chi connectivity index (χ0n) is 19.3. The van der Waals surface area contributed by atoms with Gasteiger partial charge in [-0.15, -0.1) is 0 Å². The highest BCUT2D eigenvalue weighted by molar-refractivity contribution is 5.78. The first-order chi connectivity index (χ1) is 15.9. The topological polar surface area (TPSA) is 78.9 Å². The van der Waals surface area contributed by atoms with Gasteiger partial charge in [0.05, 0.1) is 13.5 Å². The molecule has 0 aliphatic heterocycles. The van der Waals surface area contributed by atoms with Gasteiger partial charge in [0, 0.05) is 25.2 Å². The van der Waals surface area contributed by atoms with Gasteiger partial charge in [0.2, 0.25) is 0 Å². The number of nitrogens with zero attached hydrogens (tertiary/aromatic N) is 1. The molecule has 0 bridgehead atoms. The summed E-state index contributed by atoms with van der Waals surface area (Å²) in [6, 6.07) is 21.2. The Bertz CT molecular complexity index is 1110. The summed E-state index contributed by atoms with van der Waals surface area (Å²) in [5.41, 5.74) is 5.47. The highest BCUT2D eigenvalue weighted by Crippen LogP contribution is 2.34. The SMILES string of the molecule is CCN(Cc1ccccc1)C(=O)NCc1cc(C)ccc1-c1cc(CC(=O)O)ccc1OC. The third kappa shape index (κ3) is 6.35. The number of amides is 2. The van der Waals surface area contributed by atoms with E-state index < -0.39 is 5.97 Å². The minimum atomic E-state index is -0.888. The van der Waals surface area contributed by atoms with E-state index in [1.807, 2.05) is 68.4 Å². The Morgan fingerprint density at radius 1 is 0.970 bits per heavy atom. The normalized spacial score (nSPS) is 10.5. The molecule has 2 amide bonds. The molecule has 0 radical (unpaired) electrons. The summed E-state index contributed by atoms with van der Waals surface area (Å²) < 4.78 is 5.55. The number of benzene rings is 3. The number of methoxy groups -OCH3 is 1. The summed E-state index contributed by atoms with van der Waals surface area (Å²) in [5.74, 6) is -0.236. The van der Waals surface area contributed by atoms with Gasteiger partial charge >= 0.3 is 12.0 Å². The van der Waals surface area contributed by atoms with Crippen LogP contribution in [0.1, 0.15) is 29.2 Å². The maximum absolute atomic E-state index is 12.9. The predicted octanol–water partition coefficient (Wildman–Crippen LogP) is 5.03. The van der Waals surface area contributed by atoms with Crippen molar-refractivity contribution in [3.63, 3.8) is 0 Å². The number of ether oxygens (including phenoxy) is 1. The molecule has 3 aromatic carbocycles. The zero-order valence-corrected chi connectivity index (χ0v) is 19.3. The van der Waals surface area contributed by atoms with Crippen LogP contribution in [-0.4, -0.2) is 35.7 Å². The highest BCUT2D eigenvalue weighted by atomic mass is 16.5. The zero-order chi connectivity index (χ0) is 23.8. The van der Waals surface area contributed by atoms with Crippen LogP contribution in [0.5, 0.6) is 5.75 Å². The fourth-order valence-corrected chi connectivity index (χ4v) is 3.80. The van der Waals surface area contributed by atoms with E-state index >= 15 is 0 Å². The van der Waals surface area contributed by atoms with Crippen molar-refractivity contribution >= 4 is 12.0 Å². The Morgan fingerprint density at radius 3 is 2.39 bits per heavy atom. The van der Waals surface area contributed by atoms with E-state index in [0.717, 1.165) is 27.8 Å². The number of carboxylic acids is 1. The van der Waals surface area contributed by atoms with Crippen molar-refractivity contribution in [2.24, 2.45) is 0 Å². The molecule has 6 heteroatoms. The predicted molar refractivity (Wildman–Crippen MR) is 129 cm³/mol. The molecule has 0 heterocycles. The molecule has 3 aromatic rings.